The summed E-state index contributed by atoms with van der Waals surface area (Å²) in [5.74, 6) is 0.955. The summed E-state index contributed by atoms with van der Waals surface area (Å²) >= 11 is 0. The molecule has 2 aromatic rings. The lowest BCUT2D eigenvalue weighted by Gasteiger charge is -2.23. The molecule has 3 rings (SSSR count). The molecule has 23 heavy (non-hydrogen) atoms. The van der Waals surface area contributed by atoms with Crippen LogP contribution in [0.25, 0.3) is 0 Å². The van der Waals surface area contributed by atoms with Crippen molar-refractivity contribution in [3.05, 3.63) is 65.2 Å². The van der Waals surface area contributed by atoms with E-state index in [1.54, 1.807) is 0 Å². The van der Waals surface area contributed by atoms with Crippen LogP contribution in [0.2, 0.25) is 0 Å². The van der Waals surface area contributed by atoms with Crippen LogP contribution in [-0.2, 0) is 13.2 Å². The molecule has 0 bridgehead atoms. The third-order valence-electron chi connectivity index (χ3n) is 4.75. The average molecular weight is 309 g/mol. The lowest BCUT2D eigenvalue weighted by molar-refractivity contribution is 0.305. The van der Waals surface area contributed by atoms with Gasteiger partial charge in [-0.15, -0.1) is 0 Å². The van der Waals surface area contributed by atoms with Crippen LogP contribution in [0.15, 0.2) is 48.5 Å². The molecule has 0 saturated heterocycles. The highest BCUT2D eigenvalue weighted by Gasteiger charge is 2.12. The minimum atomic E-state index is 0.631. The molecule has 1 N–H and O–H groups in total. The van der Waals surface area contributed by atoms with Crippen molar-refractivity contribution >= 4 is 0 Å². The van der Waals surface area contributed by atoms with E-state index >= 15 is 0 Å². The monoisotopic (exact) mass is 309 g/mol. The van der Waals surface area contributed by atoms with Gasteiger partial charge < -0.3 is 10.1 Å². The molecule has 0 atom stereocenters. The molecule has 0 unspecified atom stereocenters. The molecule has 0 heterocycles. The van der Waals surface area contributed by atoms with Gasteiger partial charge in [-0.25, -0.2) is 0 Å². The van der Waals surface area contributed by atoms with E-state index in [2.05, 4.69) is 54.7 Å². The summed E-state index contributed by atoms with van der Waals surface area (Å²) in [5.41, 5.74) is 3.83. The van der Waals surface area contributed by atoms with Crippen molar-refractivity contribution < 1.29 is 4.74 Å². The second kappa shape index (κ2) is 8.16. The molecule has 2 aromatic carbocycles. The van der Waals surface area contributed by atoms with Crippen LogP contribution in [-0.4, -0.2) is 6.04 Å². The summed E-state index contributed by atoms with van der Waals surface area (Å²) in [6, 6.07) is 17.6. The Morgan fingerprint density at radius 3 is 2.65 bits per heavy atom. The van der Waals surface area contributed by atoms with Gasteiger partial charge in [-0.2, -0.15) is 0 Å². The standard InChI is InChI=1S/C21H27NO/c1-17-8-5-6-10-19(17)16-23-21-13-7-9-18(14-21)15-22-20-11-3-2-4-12-20/h5-10,13-14,20,22H,2-4,11-12,15-16H2,1H3. The number of hydrogen-bond acceptors (Lipinski definition) is 2. The summed E-state index contributed by atoms with van der Waals surface area (Å²) in [7, 11) is 0. The van der Waals surface area contributed by atoms with E-state index in [0.717, 1.165) is 12.3 Å². The van der Waals surface area contributed by atoms with E-state index in [4.69, 9.17) is 4.74 Å². The molecular formula is C21H27NO. The molecular weight excluding hydrogens is 282 g/mol. The predicted molar refractivity (Wildman–Crippen MR) is 95.7 cm³/mol. The number of rotatable bonds is 6. The van der Waals surface area contributed by atoms with Crippen LogP contribution in [0, 0.1) is 6.92 Å². The van der Waals surface area contributed by atoms with Crippen molar-refractivity contribution in [3.63, 3.8) is 0 Å². The maximum Gasteiger partial charge on any atom is 0.120 e. The normalized spacial score (nSPS) is 15.5. The van der Waals surface area contributed by atoms with Gasteiger partial charge in [0.25, 0.3) is 0 Å². The fourth-order valence-corrected chi connectivity index (χ4v) is 3.25. The van der Waals surface area contributed by atoms with Gasteiger partial charge in [0.15, 0.2) is 0 Å². The third-order valence-corrected chi connectivity index (χ3v) is 4.75. The van der Waals surface area contributed by atoms with Gasteiger partial charge >= 0.3 is 0 Å². The van der Waals surface area contributed by atoms with Crippen LogP contribution < -0.4 is 10.1 Å². The molecule has 0 aromatic heterocycles. The average Bonchev–Trinajstić information content (AvgIpc) is 2.61. The minimum absolute atomic E-state index is 0.631. The van der Waals surface area contributed by atoms with E-state index in [0.29, 0.717) is 12.6 Å². The number of aryl methyl sites for hydroxylation is 1. The summed E-state index contributed by atoms with van der Waals surface area (Å²) in [6.45, 7) is 3.70. The lowest BCUT2D eigenvalue weighted by Crippen LogP contribution is -2.30. The Labute approximate surface area is 139 Å². The zero-order valence-corrected chi connectivity index (χ0v) is 14.1. The summed E-state index contributed by atoms with van der Waals surface area (Å²) in [5, 5.41) is 3.69. The van der Waals surface area contributed by atoms with Crippen molar-refractivity contribution in [2.24, 2.45) is 0 Å². The van der Waals surface area contributed by atoms with Crippen molar-refractivity contribution in [3.8, 4) is 5.75 Å². The third kappa shape index (κ3) is 4.84. The maximum absolute atomic E-state index is 5.98. The molecule has 1 saturated carbocycles. The highest BCUT2D eigenvalue weighted by atomic mass is 16.5. The van der Waals surface area contributed by atoms with Gasteiger partial charge in [0.05, 0.1) is 0 Å². The van der Waals surface area contributed by atoms with Crippen LogP contribution >= 0.6 is 0 Å². The quantitative estimate of drug-likeness (QED) is 0.811. The molecule has 1 aliphatic carbocycles. The van der Waals surface area contributed by atoms with E-state index in [1.807, 2.05) is 6.07 Å². The maximum atomic E-state index is 5.98. The van der Waals surface area contributed by atoms with Crippen LogP contribution in [0.3, 0.4) is 0 Å². The fourth-order valence-electron chi connectivity index (χ4n) is 3.25. The smallest absolute Gasteiger partial charge is 0.120 e. The second-order valence-electron chi connectivity index (χ2n) is 6.58. The zero-order valence-electron chi connectivity index (χ0n) is 14.1. The molecule has 0 spiro atoms. The number of ether oxygens (including phenoxy) is 1. The Hall–Kier alpha value is -1.80. The Morgan fingerprint density at radius 1 is 1.00 bits per heavy atom. The van der Waals surface area contributed by atoms with Gasteiger partial charge in [-0.05, 0) is 48.6 Å². The topological polar surface area (TPSA) is 21.3 Å². The Bertz CT molecular complexity index is 617. The molecule has 2 nitrogen and oxygen atoms in total. The SMILES string of the molecule is Cc1ccccc1COc1cccc(CNC2CCCCC2)c1. The second-order valence-corrected chi connectivity index (χ2v) is 6.58. The first-order valence-electron chi connectivity index (χ1n) is 8.81. The summed E-state index contributed by atoms with van der Waals surface area (Å²) < 4.78 is 5.98. The highest BCUT2D eigenvalue weighted by Crippen LogP contribution is 2.19. The molecule has 0 amide bonds. The van der Waals surface area contributed by atoms with E-state index < -0.39 is 0 Å². The van der Waals surface area contributed by atoms with Crippen molar-refractivity contribution in [1.82, 2.24) is 5.32 Å². The van der Waals surface area contributed by atoms with Crippen molar-refractivity contribution in [2.45, 2.75) is 58.2 Å². The van der Waals surface area contributed by atoms with E-state index in [1.165, 1.54) is 48.8 Å². The van der Waals surface area contributed by atoms with E-state index in [9.17, 15) is 0 Å². The first-order valence-corrected chi connectivity index (χ1v) is 8.81. The molecule has 2 heteroatoms. The Kier molecular flexibility index (Phi) is 5.71. The molecule has 0 radical (unpaired) electrons. The van der Waals surface area contributed by atoms with Crippen molar-refractivity contribution in [2.75, 3.05) is 0 Å². The zero-order chi connectivity index (χ0) is 15.9. The van der Waals surface area contributed by atoms with E-state index in [-0.39, 0.29) is 0 Å². The first kappa shape index (κ1) is 16.1. The van der Waals surface area contributed by atoms with Crippen LogP contribution in [0.5, 0.6) is 5.75 Å². The molecule has 1 aliphatic rings. The fraction of sp³-hybridized carbons (Fsp3) is 0.429. The largest absolute Gasteiger partial charge is 0.489 e. The summed E-state index contributed by atoms with van der Waals surface area (Å²) in [4.78, 5) is 0. The number of hydrogen-bond donors (Lipinski definition) is 1. The molecule has 0 aliphatic heterocycles. The van der Waals surface area contributed by atoms with Crippen LogP contribution in [0.1, 0.15) is 48.8 Å². The van der Waals surface area contributed by atoms with Crippen LogP contribution in [0.4, 0.5) is 0 Å². The predicted octanol–water partition coefficient (Wildman–Crippen LogP) is 5.00. The van der Waals surface area contributed by atoms with Gasteiger partial charge in [0.2, 0.25) is 0 Å². The van der Waals surface area contributed by atoms with Crippen molar-refractivity contribution in [1.29, 1.82) is 0 Å². The highest BCUT2D eigenvalue weighted by molar-refractivity contribution is 5.30. The Balaban J connectivity index is 1.53. The molecule has 1 fully saturated rings. The van der Waals surface area contributed by atoms with Gasteiger partial charge in [0.1, 0.15) is 12.4 Å². The lowest BCUT2D eigenvalue weighted by atomic mass is 9.95. The Morgan fingerprint density at radius 2 is 1.83 bits per heavy atom. The van der Waals surface area contributed by atoms with Gasteiger partial charge in [0, 0.05) is 12.6 Å². The molecule has 122 valence electrons. The first-order chi connectivity index (χ1) is 11.3. The van der Waals surface area contributed by atoms with Gasteiger partial charge in [-0.3, -0.25) is 0 Å². The summed E-state index contributed by atoms with van der Waals surface area (Å²) in [6.07, 6.45) is 6.79. The number of nitrogens with one attached hydrogen (secondary N) is 1. The van der Waals surface area contributed by atoms with Gasteiger partial charge in [-0.1, -0.05) is 55.7 Å². The number of benzene rings is 2. The minimum Gasteiger partial charge on any atom is -0.489 e.